The number of nitrogens with two attached hydrogens (primary N) is 1. The van der Waals surface area contributed by atoms with E-state index in [0.717, 1.165) is 23.4 Å². The second-order valence-corrected chi connectivity index (χ2v) is 3.98. The maximum atomic E-state index is 5.49. The van der Waals surface area contributed by atoms with Crippen molar-refractivity contribution in [2.24, 2.45) is 5.73 Å². The normalized spacial score (nSPS) is 9.53. The summed E-state index contributed by atoms with van der Waals surface area (Å²) < 4.78 is 5.49. The van der Waals surface area contributed by atoms with Crippen molar-refractivity contribution in [3.8, 4) is 17.6 Å². The molecule has 0 spiro atoms. The Kier molecular flexibility index (Phi) is 4.97. The average Bonchev–Trinajstić information content (AvgIpc) is 2.47. The quantitative estimate of drug-likeness (QED) is 0.847. The van der Waals surface area contributed by atoms with Crippen molar-refractivity contribution in [3.63, 3.8) is 0 Å². The van der Waals surface area contributed by atoms with Gasteiger partial charge in [0.25, 0.3) is 0 Å². The SMILES string of the molecule is NCCc1ccc(OCC#Cc2ccccc2)cn1. The zero-order chi connectivity index (χ0) is 13.3. The molecule has 0 aliphatic heterocycles. The fourth-order valence-electron chi connectivity index (χ4n) is 1.57. The van der Waals surface area contributed by atoms with Crippen LogP contribution >= 0.6 is 0 Å². The number of aromatic nitrogens is 1. The maximum Gasteiger partial charge on any atom is 0.149 e. The number of benzene rings is 1. The van der Waals surface area contributed by atoms with Crippen LogP contribution in [0.25, 0.3) is 0 Å². The number of ether oxygens (including phenoxy) is 1. The first kappa shape index (κ1) is 13.1. The van der Waals surface area contributed by atoms with Gasteiger partial charge in [-0.1, -0.05) is 30.0 Å². The molecular weight excluding hydrogens is 236 g/mol. The van der Waals surface area contributed by atoms with Gasteiger partial charge < -0.3 is 10.5 Å². The summed E-state index contributed by atoms with van der Waals surface area (Å²) >= 11 is 0. The molecule has 0 fully saturated rings. The molecule has 2 aromatic rings. The largest absolute Gasteiger partial charge is 0.479 e. The van der Waals surface area contributed by atoms with E-state index in [1.165, 1.54) is 0 Å². The van der Waals surface area contributed by atoms with E-state index in [2.05, 4.69) is 16.8 Å². The molecule has 0 amide bonds. The minimum atomic E-state index is 0.354. The van der Waals surface area contributed by atoms with Gasteiger partial charge in [-0.15, -0.1) is 0 Å². The van der Waals surface area contributed by atoms with E-state index in [-0.39, 0.29) is 0 Å². The van der Waals surface area contributed by atoms with Crippen molar-refractivity contribution in [1.29, 1.82) is 0 Å². The first-order valence-corrected chi connectivity index (χ1v) is 6.20. The van der Waals surface area contributed by atoms with Crippen LogP contribution in [0.4, 0.5) is 0 Å². The molecule has 96 valence electrons. The zero-order valence-electron chi connectivity index (χ0n) is 10.7. The lowest BCUT2D eigenvalue weighted by atomic mass is 10.2. The fraction of sp³-hybridized carbons (Fsp3) is 0.188. The Morgan fingerprint density at radius 3 is 2.63 bits per heavy atom. The van der Waals surface area contributed by atoms with Gasteiger partial charge in [-0.2, -0.15) is 0 Å². The Balaban J connectivity index is 1.84. The summed E-state index contributed by atoms with van der Waals surface area (Å²) in [7, 11) is 0. The molecule has 1 aromatic heterocycles. The third kappa shape index (κ3) is 4.46. The Morgan fingerprint density at radius 1 is 1.11 bits per heavy atom. The van der Waals surface area contributed by atoms with Gasteiger partial charge in [-0.3, -0.25) is 4.98 Å². The van der Waals surface area contributed by atoms with Gasteiger partial charge in [0.15, 0.2) is 0 Å². The Bertz CT molecular complexity index is 553. The van der Waals surface area contributed by atoms with Crippen LogP contribution < -0.4 is 10.5 Å². The Hall–Kier alpha value is -2.31. The molecule has 3 nitrogen and oxygen atoms in total. The van der Waals surface area contributed by atoms with Gasteiger partial charge in [-0.05, 0) is 30.8 Å². The van der Waals surface area contributed by atoms with Gasteiger partial charge in [-0.25, -0.2) is 0 Å². The summed E-state index contributed by atoms with van der Waals surface area (Å²) in [5, 5.41) is 0. The topological polar surface area (TPSA) is 48.1 Å². The first-order valence-electron chi connectivity index (χ1n) is 6.20. The summed E-state index contributed by atoms with van der Waals surface area (Å²) in [5.41, 5.74) is 7.43. The molecule has 2 rings (SSSR count). The van der Waals surface area contributed by atoms with Crippen LogP contribution in [-0.4, -0.2) is 18.1 Å². The monoisotopic (exact) mass is 252 g/mol. The lowest BCUT2D eigenvalue weighted by Crippen LogP contribution is -2.04. The Labute approximate surface area is 113 Å². The van der Waals surface area contributed by atoms with Gasteiger partial charge in [0.1, 0.15) is 12.4 Å². The van der Waals surface area contributed by atoms with Crippen LogP contribution in [0, 0.1) is 11.8 Å². The average molecular weight is 252 g/mol. The van der Waals surface area contributed by atoms with Gasteiger partial charge in [0.2, 0.25) is 0 Å². The number of hydrogen-bond acceptors (Lipinski definition) is 3. The number of nitrogens with zero attached hydrogens (tertiary/aromatic N) is 1. The molecule has 0 bridgehead atoms. The minimum Gasteiger partial charge on any atom is -0.479 e. The maximum absolute atomic E-state index is 5.49. The molecule has 0 unspecified atom stereocenters. The minimum absolute atomic E-state index is 0.354. The van der Waals surface area contributed by atoms with E-state index in [1.807, 2.05) is 42.5 Å². The molecule has 2 N–H and O–H groups in total. The lowest BCUT2D eigenvalue weighted by molar-refractivity contribution is 0.368. The van der Waals surface area contributed by atoms with Crippen LogP contribution in [0.1, 0.15) is 11.3 Å². The smallest absolute Gasteiger partial charge is 0.149 e. The standard InChI is InChI=1S/C16H16N2O/c17-11-10-15-8-9-16(13-18-15)19-12-4-7-14-5-2-1-3-6-14/h1-3,5-6,8-9,13H,10-12,17H2. The number of hydrogen-bond donors (Lipinski definition) is 1. The van der Waals surface area contributed by atoms with E-state index in [9.17, 15) is 0 Å². The highest BCUT2D eigenvalue weighted by atomic mass is 16.5. The van der Waals surface area contributed by atoms with E-state index in [4.69, 9.17) is 10.5 Å². The third-order valence-corrected chi connectivity index (χ3v) is 2.52. The van der Waals surface area contributed by atoms with Crippen molar-refractivity contribution in [3.05, 3.63) is 59.9 Å². The Morgan fingerprint density at radius 2 is 1.95 bits per heavy atom. The molecule has 0 aliphatic rings. The van der Waals surface area contributed by atoms with E-state index < -0.39 is 0 Å². The van der Waals surface area contributed by atoms with Gasteiger partial charge in [0.05, 0.1) is 6.20 Å². The molecule has 0 atom stereocenters. The van der Waals surface area contributed by atoms with Gasteiger partial charge in [0, 0.05) is 17.7 Å². The van der Waals surface area contributed by atoms with Crippen LogP contribution in [0.15, 0.2) is 48.7 Å². The summed E-state index contributed by atoms with van der Waals surface area (Å²) in [6, 6.07) is 13.6. The molecule has 0 saturated heterocycles. The van der Waals surface area contributed by atoms with Crippen molar-refractivity contribution >= 4 is 0 Å². The zero-order valence-corrected chi connectivity index (χ0v) is 10.7. The van der Waals surface area contributed by atoms with Crippen LogP contribution in [0.5, 0.6) is 5.75 Å². The van der Waals surface area contributed by atoms with Crippen LogP contribution in [-0.2, 0) is 6.42 Å². The van der Waals surface area contributed by atoms with E-state index in [0.29, 0.717) is 13.2 Å². The molecule has 1 aromatic carbocycles. The van der Waals surface area contributed by atoms with E-state index >= 15 is 0 Å². The molecule has 0 saturated carbocycles. The lowest BCUT2D eigenvalue weighted by Gasteiger charge is -2.02. The highest BCUT2D eigenvalue weighted by Crippen LogP contribution is 2.08. The molecular formula is C16H16N2O. The first-order chi connectivity index (χ1) is 9.38. The van der Waals surface area contributed by atoms with Crippen molar-refractivity contribution < 1.29 is 4.74 Å². The van der Waals surface area contributed by atoms with Crippen LogP contribution in [0.2, 0.25) is 0 Å². The number of pyridine rings is 1. The number of rotatable bonds is 4. The predicted octanol–water partition coefficient (Wildman–Crippen LogP) is 2.01. The summed E-state index contributed by atoms with van der Waals surface area (Å²) in [4.78, 5) is 4.25. The van der Waals surface area contributed by atoms with Crippen LogP contribution in [0.3, 0.4) is 0 Å². The van der Waals surface area contributed by atoms with Gasteiger partial charge >= 0.3 is 0 Å². The van der Waals surface area contributed by atoms with Crippen molar-refractivity contribution in [2.45, 2.75) is 6.42 Å². The van der Waals surface area contributed by atoms with Crippen molar-refractivity contribution in [2.75, 3.05) is 13.2 Å². The molecule has 0 aliphatic carbocycles. The molecule has 19 heavy (non-hydrogen) atoms. The highest BCUT2D eigenvalue weighted by molar-refractivity contribution is 5.33. The molecule has 3 heteroatoms. The highest BCUT2D eigenvalue weighted by Gasteiger charge is 1.95. The summed E-state index contributed by atoms with van der Waals surface area (Å²) in [6.07, 6.45) is 2.49. The third-order valence-electron chi connectivity index (χ3n) is 2.52. The fourth-order valence-corrected chi connectivity index (χ4v) is 1.57. The van der Waals surface area contributed by atoms with E-state index in [1.54, 1.807) is 6.20 Å². The summed E-state index contributed by atoms with van der Waals surface area (Å²) in [5.74, 6) is 6.73. The van der Waals surface area contributed by atoms with Crippen molar-refractivity contribution in [1.82, 2.24) is 4.98 Å². The second kappa shape index (κ2) is 7.20. The molecule has 1 heterocycles. The summed E-state index contributed by atoms with van der Waals surface area (Å²) in [6.45, 7) is 0.961. The second-order valence-electron chi connectivity index (χ2n) is 3.98. The molecule has 0 radical (unpaired) electrons. The predicted molar refractivity (Wildman–Crippen MR) is 75.8 cm³/mol.